The predicted molar refractivity (Wildman–Crippen MR) is 84.1 cm³/mol. The SMILES string of the molecule is C[C@@H](Oc1cc(C(NC(=O)CC2CC(F)(F)C2)C2CC2)ncn1)C(F)(F)F. The van der Waals surface area contributed by atoms with Gasteiger partial charge in [-0.25, -0.2) is 18.7 Å². The van der Waals surface area contributed by atoms with Crippen LogP contribution in [-0.2, 0) is 4.79 Å². The van der Waals surface area contributed by atoms with Crippen molar-refractivity contribution in [2.24, 2.45) is 11.8 Å². The lowest BCUT2D eigenvalue weighted by Gasteiger charge is -2.34. The molecule has 2 fully saturated rings. The molecule has 0 saturated heterocycles. The van der Waals surface area contributed by atoms with Crippen molar-refractivity contribution in [2.45, 2.75) is 63.3 Å². The summed E-state index contributed by atoms with van der Waals surface area (Å²) in [4.78, 5) is 19.9. The highest BCUT2D eigenvalue weighted by atomic mass is 19.4. The molecule has 0 aliphatic heterocycles. The number of aromatic nitrogens is 2. The summed E-state index contributed by atoms with van der Waals surface area (Å²) in [5, 5.41) is 2.78. The summed E-state index contributed by atoms with van der Waals surface area (Å²) < 4.78 is 68.5. The van der Waals surface area contributed by atoms with E-state index in [1.54, 1.807) is 0 Å². The molecule has 1 N–H and O–H groups in total. The number of halogens is 5. The zero-order valence-electron chi connectivity index (χ0n) is 14.6. The quantitative estimate of drug-likeness (QED) is 0.716. The highest BCUT2D eigenvalue weighted by Gasteiger charge is 2.46. The molecule has 1 unspecified atom stereocenters. The summed E-state index contributed by atoms with van der Waals surface area (Å²) in [6.45, 7) is 0.871. The van der Waals surface area contributed by atoms with Crippen LogP contribution >= 0.6 is 0 Å². The van der Waals surface area contributed by atoms with Crippen LogP contribution in [0.2, 0.25) is 0 Å². The first-order valence-electron chi connectivity index (χ1n) is 8.76. The predicted octanol–water partition coefficient (Wildman–Crippen LogP) is 3.81. The van der Waals surface area contributed by atoms with Crippen molar-refractivity contribution in [3.05, 3.63) is 18.1 Å². The van der Waals surface area contributed by atoms with E-state index in [1.807, 2.05) is 0 Å². The van der Waals surface area contributed by atoms with Crippen molar-refractivity contribution in [3.63, 3.8) is 0 Å². The second-order valence-electron chi connectivity index (χ2n) is 7.30. The molecule has 0 radical (unpaired) electrons. The molecule has 2 atom stereocenters. The number of carbonyl (C=O) groups excluding carboxylic acids is 1. The fourth-order valence-electron chi connectivity index (χ4n) is 3.12. The molecule has 150 valence electrons. The molecular formula is C17H20F5N3O2. The number of hydrogen-bond acceptors (Lipinski definition) is 4. The number of alkyl halides is 5. The molecule has 1 amide bonds. The number of carbonyl (C=O) groups is 1. The van der Waals surface area contributed by atoms with Crippen molar-refractivity contribution in [2.75, 3.05) is 0 Å². The molecule has 1 aromatic rings. The maximum atomic E-state index is 12.9. The highest BCUT2D eigenvalue weighted by molar-refractivity contribution is 5.77. The molecule has 10 heteroatoms. The van der Waals surface area contributed by atoms with Gasteiger partial charge in [0.25, 0.3) is 0 Å². The van der Waals surface area contributed by atoms with Crippen molar-refractivity contribution in [3.8, 4) is 5.88 Å². The first-order chi connectivity index (χ1) is 12.5. The molecule has 0 spiro atoms. The smallest absolute Gasteiger partial charge is 0.425 e. The monoisotopic (exact) mass is 393 g/mol. The van der Waals surface area contributed by atoms with Crippen LogP contribution < -0.4 is 10.1 Å². The lowest BCUT2D eigenvalue weighted by molar-refractivity contribution is -0.190. The lowest BCUT2D eigenvalue weighted by Crippen LogP contribution is -2.39. The van der Waals surface area contributed by atoms with Crippen LogP contribution in [0.4, 0.5) is 22.0 Å². The van der Waals surface area contributed by atoms with Gasteiger partial charge in [0.15, 0.2) is 6.10 Å². The van der Waals surface area contributed by atoms with E-state index in [4.69, 9.17) is 4.74 Å². The summed E-state index contributed by atoms with van der Waals surface area (Å²) in [6, 6.07) is 0.785. The van der Waals surface area contributed by atoms with Gasteiger partial charge in [-0.1, -0.05) is 0 Å². The first-order valence-corrected chi connectivity index (χ1v) is 8.76. The maximum absolute atomic E-state index is 12.9. The van der Waals surface area contributed by atoms with Crippen LogP contribution in [0.1, 0.15) is 50.8 Å². The third kappa shape index (κ3) is 5.26. The molecule has 2 aliphatic rings. The van der Waals surface area contributed by atoms with E-state index < -0.39 is 24.2 Å². The van der Waals surface area contributed by atoms with E-state index in [2.05, 4.69) is 15.3 Å². The molecule has 2 aliphatic carbocycles. The third-order valence-corrected chi connectivity index (χ3v) is 4.80. The lowest BCUT2D eigenvalue weighted by atomic mass is 9.79. The Morgan fingerprint density at radius 2 is 2.00 bits per heavy atom. The Balaban J connectivity index is 1.63. The van der Waals surface area contributed by atoms with Gasteiger partial charge in [-0.2, -0.15) is 13.2 Å². The minimum atomic E-state index is -4.53. The van der Waals surface area contributed by atoms with Gasteiger partial charge in [-0.3, -0.25) is 4.79 Å². The Morgan fingerprint density at radius 1 is 1.33 bits per heavy atom. The van der Waals surface area contributed by atoms with Crippen molar-refractivity contribution < 1.29 is 31.5 Å². The number of amides is 1. The Hall–Kier alpha value is -2.00. The zero-order valence-corrected chi connectivity index (χ0v) is 14.6. The Bertz CT molecular complexity index is 685. The molecular weight excluding hydrogens is 373 g/mol. The number of rotatable bonds is 7. The Morgan fingerprint density at radius 3 is 2.56 bits per heavy atom. The molecule has 0 aromatic carbocycles. The third-order valence-electron chi connectivity index (χ3n) is 4.80. The summed E-state index contributed by atoms with van der Waals surface area (Å²) in [5.74, 6) is -3.52. The molecule has 2 saturated carbocycles. The van der Waals surface area contributed by atoms with Gasteiger partial charge in [0.2, 0.25) is 17.7 Å². The number of hydrogen-bond donors (Lipinski definition) is 1. The first kappa shape index (κ1) is 19.8. The standard InChI is InChI=1S/C17H20F5N3O2/c1-9(17(20,21)22)27-14-5-12(23-8-24-14)15(11-2-3-11)25-13(26)4-10-6-16(18,19)7-10/h5,8-11,15H,2-4,6-7H2,1H3,(H,25,26)/t9-,15?/m1/s1. The topological polar surface area (TPSA) is 64.1 Å². The molecule has 3 rings (SSSR count). The van der Waals surface area contributed by atoms with Crippen LogP contribution in [-0.4, -0.2) is 34.1 Å². The molecule has 1 aromatic heterocycles. The van der Waals surface area contributed by atoms with E-state index in [9.17, 15) is 26.7 Å². The van der Waals surface area contributed by atoms with Crippen LogP contribution in [0, 0.1) is 11.8 Å². The summed E-state index contributed by atoms with van der Waals surface area (Å²) in [5.41, 5.74) is 0.351. The minimum Gasteiger partial charge on any atom is -0.465 e. The second kappa shape index (κ2) is 7.20. The van der Waals surface area contributed by atoms with Gasteiger partial charge in [0.05, 0.1) is 11.7 Å². The van der Waals surface area contributed by atoms with Gasteiger partial charge in [0, 0.05) is 25.3 Å². The van der Waals surface area contributed by atoms with Gasteiger partial charge < -0.3 is 10.1 Å². The summed E-state index contributed by atoms with van der Waals surface area (Å²) >= 11 is 0. The number of nitrogens with zero attached hydrogens (tertiary/aromatic N) is 2. The maximum Gasteiger partial charge on any atom is 0.425 e. The van der Waals surface area contributed by atoms with E-state index in [1.165, 1.54) is 6.07 Å². The van der Waals surface area contributed by atoms with E-state index in [-0.39, 0.29) is 42.9 Å². The highest BCUT2D eigenvalue weighted by Crippen LogP contribution is 2.45. The van der Waals surface area contributed by atoms with E-state index >= 15 is 0 Å². The fraction of sp³-hybridized carbons (Fsp3) is 0.706. The Kier molecular flexibility index (Phi) is 5.27. The number of nitrogens with one attached hydrogen (secondary N) is 1. The number of ether oxygens (including phenoxy) is 1. The average molecular weight is 393 g/mol. The molecule has 27 heavy (non-hydrogen) atoms. The summed E-state index contributed by atoms with van der Waals surface area (Å²) in [6.07, 6.45) is -4.39. The zero-order chi connectivity index (χ0) is 19.8. The van der Waals surface area contributed by atoms with E-state index in [0.717, 1.165) is 26.1 Å². The van der Waals surface area contributed by atoms with Gasteiger partial charge >= 0.3 is 6.18 Å². The fourth-order valence-corrected chi connectivity index (χ4v) is 3.12. The van der Waals surface area contributed by atoms with Crippen LogP contribution in [0.3, 0.4) is 0 Å². The van der Waals surface area contributed by atoms with Crippen molar-refractivity contribution >= 4 is 5.91 Å². The van der Waals surface area contributed by atoms with Crippen LogP contribution in [0.15, 0.2) is 12.4 Å². The average Bonchev–Trinajstić information content (AvgIpc) is 3.35. The minimum absolute atomic E-state index is 0.00163. The van der Waals surface area contributed by atoms with Gasteiger partial charge in [0.1, 0.15) is 6.33 Å². The summed E-state index contributed by atoms with van der Waals surface area (Å²) in [7, 11) is 0. The van der Waals surface area contributed by atoms with E-state index in [0.29, 0.717) is 5.69 Å². The largest absolute Gasteiger partial charge is 0.465 e. The van der Waals surface area contributed by atoms with Crippen LogP contribution in [0.25, 0.3) is 0 Å². The van der Waals surface area contributed by atoms with Crippen molar-refractivity contribution in [1.29, 1.82) is 0 Å². The second-order valence-corrected chi connectivity index (χ2v) is 7.30. The van der Waals surface area contributed by atoms with Crippen molar-refractivity contribution in [1.82, 2.24) is 15.3 Å². The van der Waals surface area contributed by atoms with Crippen LogP contribution in [0.5, 0.6) is 5.88 Å². The molecule has 5 nitrogen and oxygen atoms in total. The molecule has 1 heterocycles. The normalized spacial score (nSPS) is 21.9. The van der Waals surface area contributed by atoms with Gasteiger partial charge in [-0.05, 0) is 31.6 Å². The Labute approximate surface area is 152 Å². The van der Waals surface area contributed by atoms with Gasteiger partial charge in [-0.15, -0.1) is 0 Å². The molecule has 0 bridgehead atoms.